The van der Waals surface area contributed by atoms with Crippen LogP contribution in [-0.4, -0.2) is 31.1 Å². The van der Waals surface area contributed by atoms with E-state index in [0.29, 0.717) is 6.54 Å². The number of hydrogen-bond acceptors (Lipinski definition) is 2. The van der Waals surface area contributed by atoms with Crippen LogP contribution in [0.1, 0.15) is 19.4 Å². The Morgan fingerprint density at radius 2 is 1.89 bits per heavy atom. The van der Waals surface area contributed by atoms with E-state index in [-0.39, 0.29) is 22.1 Å². The zero-order valence-corrected chi connectivity index (χ0v) is 12.7. The van der Waals surface area contributed by atoms with Gasteiger partial charge in [-0.1, -0.05) is 0 Å². The van der Waals surface area contributed by atoms with E-state index in [1.54, 1.807) is 0 Å². The third kappa shape index (κ3) is 3.73. The molecule has 0 atom stereocenters. The van der Waals surface area contributed by atoms with Crippen LogP contribution in [0.4, 0.5) is 8.78 Å². The van der Waals surface area contributed by atoms with Crippen molar-refractivity contribution in [1.29, 1.82) is 0 Å². The lowest BCUT2D eigenvalue weighted by atomic mass is 10.0. The monoisotopic (exact) mass is 320 g/mol. The van der Waals surface area contributed by atoms with Gasteiger partial charge in [-0.05, 0) is 56.0 Å². The molecule has 0 bridgehead atoms. The number of rotatable bonds is 5. The third-order valence-corrected chi connectivity index (χ3v) is 3.82. The summed E-state index contributed by atoms with van der Waals surface area (Å²) in [6.45, 7) is 4.95. The van der Waals surface area contributed by atoms with Crippen molar-refractivity contribution >= 4 is 15.9 Å². The molecule has 0 unspecified atom stereocenters. The summed E-state index contributed by atoms with van der Waals surface area (Å²) in [5, 5.41) is 3.09. The van der Waals surface area contributed by atoms with Crippen LogP contribution in [0.5, 0.6) is 0 Å². The molecule has 102 valence electrons. The number of nitrogens with zero attached hydrogens (tertiary/aromatic N) is 1. The molecule has 1 rings (SSSR count). The van der Waals surface area contributed by atoms with Gasteiger partial charge in [-0.15, -0.1) is 0 Å². The summed E-state index contributed by atoms with van der Waals surface area (Å²) in [6.07, 6.45) is 0. The van der Waals surface area contributed by atoms with E-state index in [1.165, 1.54) is 12.1 Å². The van der Waals surface area contributed by atoms with Crippen LogP contribution in [0.2, 0.25) is 0 Å². The molecular formula is C13H19BrF2N2. The minimum atomic E-state index is -0.537. The second-order valence-corrected chi connectivity index (χ2v) is 5.99. The first-order valence-corrected chi connectivity index (χ1v) is 6.55. The summed E-state index contributed by atoms with van der Waals surface area (Å²) in [4.78, 5) is 2.06. The number of halogens is 3. The van der Waals surface area contributed by atoms with E-state index in [9.17, 15) is 8.78 Å². The van der Waals surface area contributed by atoms with Crippen molar-refractivity contribution < 1.29 is 8.78 Å². The standard InChI is InChI=1S/C13H19BrF2N2/c1-13(2,18(3)4)8-17-7-9-11(15)6-5-10(14)12(9)16/h5-6,17H,7-8H2,1-4H3. The van der Waals surface area contributed by atoms with Gasteiger partial charge in [0.25, 0.3) is 0 Å². The van der Waals surface area contributed by atoms with Gasteiger partial charge in [-0.25, -0.2) is 8.78 Å². The molecule has 0 aliphatic heterocycles. The van der Waals surface area contributed by atoms with Crippen molar-refractivity contribution in [3.63, 3.8) is 0 Å². The number of benzene rings is 1. The van der Waals surface area contributed by atoms with Crippen LogP contribution >= 0.6 is 15.9 Å². The van der Waals surface area contributed by atoms with Crippen molar-refractivity contribution in [2.24, 2.45) is 0 Å². The Balaban J connectivity index is 2.68. The molecule has 0 saturated carbocycles. The van der Waals surface area contributed by atoms with Gasteiger partial charge >= 0.3 is 0 Å². The van der Waals surface area contributed by atoms with Gasteiger partial charge in [-0.2, -0.15) is 0 Å². The average molecular weight is 321 g/mol. The maximum atomic E-state index is 13.7. The second-order valence-electron chi connectivity index (χ2n) is 5.13. The zero-order chi connectivity index (χ0) is 13.9. The number of hydrogen-bond donors (Lipinski definition) is 1. The van der Waals surface area contributed by atoms with Crippen molar-refractivity contribution in [2.45, 2.75) is 25.9 Å². The Labute approximate surface area is 115 Å². The molecule has 0 radical (unpaired) electrons. The summed E-state index contributed by atoms with van der Waals surface area (Å²) in [6, 6.07) is 2.64. The molecule has 2 nitrogen and oxygen atoms in total. The maximum Gasteiger partial charge on any atom is 0.144 e. The summed E-state index contributed by atoms with van der Waals surface area (Å²) in [7, 11) is 3.95. The molecule has 0 fully saturated rings. The molecule has 1 aromatic carbocycles. The van der Waals surface area contributed by atoms with Crippen LogP contribution in [-0.2, 0) is 6.54 Å². The van der Waals surface area contributed by atoms with Gasteiger partial charge in [0.05, 0.1) is 4.47 Å². The van der Waals surface area contributed by atoms with Crippen molar-refractivity contribution in [3.05, 3.63) is 33.8 Å². The number of nitrogens with one attached hydrogen (secondary N) is 1. The average Bonchev–Trinajstić information content (AvgIpc) is 2.28. The molecule has 1 N–H and O–H groups in total. The van der Waals surface area contributed by atoms with E-state index < -0.39 is 11.6 Å². The Hall–Kier alpha value is -0.520. The molecule has 0 aliphatic rings. The fourth-order valence-electron chi connectivity index (χ4n) is 1.38. The molecule has 1 aromatic rings. The molecule has 5 heteroatoms. The van der Waals surface area contributed by atoms with Gasteiger partial charge in [0, 0.05) is 24.2 Å². The first-order valence-electron chi connectivity index (χ1n) is 5.76. The quantitative estimate of drug-likeness (QED) is 0.838. The zero-order valence-electron chi connectivity index (χ0n) is 11.2. The topological polar surface area (TPSA) is 15.3 Å². The Morgan fingerprint density at radius 1 is 1.28 bits per heavy atom. The van der Waals surface area contributed by atoms with Gasteiger partial charge in [0.2, 0.25) is 0 Å². The summed E-state index contributed by atoms with van der Waals surface area (Å²) >= 11 is 3.06. The fourth-order valence-corrected chi connectivity index (χ4v) is 1.75. The van der Waals surface area contributed by atoms with E-state index in [1.807, 2.05) is 14.1 Å². The fraction of sp³-hybridized carbons (Fsp3) is 0.538. The molecular weight excluding hydrogens is 302 g/mol. The predicted octanol–water partition coefficient (Wildman–Crippen LogP) is 3.16. The lowest BCUT2D eigenvalue weighted by molar-refractivity contribution is 0.189. The van der Waals surface area contributed by atoms with Crippen LogP contribution in [0.15, 0.2) is 16.6 Å². The minimum Gasteiger partial charge on any atom is -0.311 e. The molecule has 0 heterocycles. The van der Waals surface area contributed by atoms with Crippen molar-refractivity contribution in [2.75, 3.05) is 20.6 Å². The third-order valence-electron chi connectivity index (χ3n) is 3.21. The van der Waals surface area contributed by atoms with E-state index in [2.05, 4.69) is 40.0 Å². The van der Waals surface area contributed by atoms with Crippen molar-refractivity contribution in [1.82, 2.24) is 10.2 Å². The highest BCUT2D eigenvalue weighted by atomic mass is 79.9. The summed E-state index contributed by atoms with van der Waals surface area (Å²) in [5.74, 6) is -1.06. The number of likely N-dealkylation sites (N-methyl/N-ethyl adjacent to an activating group) is 1. The highest BCUT2D eigenvalue weighted by molar-refractivity contribution is 9.10. The largest absolute Gasteiger partial charge is 0.311 e. The Bertz CT molecular complexity index is 420. The molecule has 0 spiro atoms. The molecule has 0 aromatic heterocycles. The minimum absolute atomic E-state index is 0.0685. The molecule has 18 heavy (non-hydrogen) atoms. The summed E-state index contributed by atoms with van der Waals surface area (Å²) in [5.41, 5.74) is -0.00202. The first-order chi connectivity index (χ1) is 8.25. The van der Waals surface area contributed by atoms with Gasteiger partial charge in [-0.3, -0.25) is 0 Å². The first kappa shape index (κ1) is 15.5. The van der Waals surface area contributed by atoms with Gasteiger partial charge in [0.1, 0.15) is 11.6 Å². The second kappa shape index (κ2) is 6.08. The van der Waals surface area contributed by atoms with Crippen LogP contribution in [0, 0.1) is 11.6 Å². The lowest BCUT2D eigenvalue weighted by Gasteiger charge is -2.32. The molecule has 0 amide bonds. The van der Waals surface area contributed by atoms with Crippen molar-refractivity contribution in [3.8, 4) is 0 Å². The summed E-state index contributed by atoms with van der Waals surface area (Å²) < 4.78 is 27.5. The normalized spacial score (nSPS) is 12.2. The highest BCUT2D eigenvalue weighted by Crippen LogP contribution is 2.21. The lowest BCUT2D eigenvalue weighted by Crippen LogP contribution is -2.46. The predicted molar refractivity (Wildman–Crippen MR) is 73.5 cm³/mol. The SMILES string of the molecule is CN(C)C(C)(C)CNCc1c(F)ccc(Br)c1F. The molecule has 0 aliphatic carbocycles. The van der Waals surface area contributed by atoms with E-state index in [4.69, 9.17) is 0 Å². The highest BCUT2D eigenvalue weighted by Gasteiger charge is 2.20. The van der Waals surface area contributed by atoms with Crippen LogP contribution in [0.25, 0.3) is 0 Å². The van der Waals surface area contributed by atoms with Gasteiger partial charge in [0.15, 0.2) is 0 Å². The maximum absolute atomic E-state index is 13.7. The smallest absolute Gasteiger partial charge is 0.144 e. The van der Waals surface area contributed by atoms with E-state index >= 15 is 0 Å². The van der Waals surface area contributed by atoms with Crippen LogP contribution in [0.3, 0.4) is 0 Å². The van der Waals surface area contributed by atoms with Crippen LogP contribution < -0.4 is 5.32 Å². The van der Waals surface area contributed by atoms with Gasteiger partial charge < -0.3 is 10.2 Å². The van der Waals surface area contributed by atoms with E-state index in [0.717, 1.165) is 0 Å². The molecule has 0 saturated heterocycles. The Kier molecular flexibility index (Phi) is 5.25. The Morgan fingerprint density at radius 3 is 2.44 bits per heavy atom.